The molecule has 0 aliphatic heterocycles. The second kappa shape index (κ2) is 12.0. The number of hydrogen-bond donors (Lipinski definition) is 3. The van der Waals surface area contributed by atoms with Gasteiger partial charge in [-0.2, -0.15) is 5.10 Å². The lowest BCUT2D eigenvalue weighted by atomic mass is 10.1. The van der Waals surface area contributed by atoms with Gasteiger partial charge in [-0.1, -0.05) is 48.0 Å². The number of ether oxygens (including phenoxy) is 1. The quantitative estimate of drug-likeness (QED) is 0.273. The van der Waals surface area contributed by atoms with E-state index in [0.717, 1.165) is 11.1 Å². The van der Waals surface area contributed by atoms with Gasteiger partial charge in [0.25, 0.3) is 5.91 Å². The molecule has 0 spiro atoms. The fourth-order valence-corrected chi connectivity index (χ4v) is 2.95. The van der Waals surface area contributed by atoms with Crippen LogP contribution in [0.2, 0.25) is 0 Å². The van der Waals surface area contributed by atoms with Crippen molar-refractivity contribution in [3.05, 3.63) is 95.6 Å². The molecular weight excluding hydrogens is 432 g/mol. The Bertz CT molecular complexity index is 1140. The Labute approximate surface area is 198 Å². The van der Waals surface area contributed by atoms with Crippen molar-refractivity contribution in [2.24, 2.45) is 5.10 Å². The molecule has 8 nitrogen and oxygen atoms in total. The summed E-state index contributed by atoms with van der Waals surface area (Å²) in [5.41, 5.74) is 5.44. The van der Waals surface area contributed by atoms with Gasteiger partial charge >= 0.3 is 11.8 Å². The molecule has 3 aromatic carbocycles. The van der Waals surface area contributed by atoms with E-state index in [9.17, 15) is 14.4 Å². The van der Waals surface area contributed by atoms with Crippen LogP contribution in [0, 0.1) is 6.92 Å². The minimum atomic E-state index is -0.882. The van der Waals surface area contributed by atoms with E-state index in [-0.39, 0.29) is 18.6 Å². The molecule has 0 radical (unpaired) electrons. The van der Waals surface area contributed by atoms with E-state index in [2.05, 4.69) is 21.2 Å². The standard InChI is InChI=1S/C26H26N4O4/c1-18-8-12-22(13-9-18)29-25(32)26(33)30-27-16-20-10-14-23(15-11-20)34-17-24(31)28-19(2)21-6-4-3-5-7-21/h3-16,19H,17H2,1-2H3,(H,28,31)(H,29,32)(H,30,33)/b27-16-/t19-/m1/s1. The highest BCUT2D eigenvalue weighted by molar-refractivity contribution is 6.39. The van der Waals surface area contributed by atoms with Gasteiger partial charge in [0, 0.05) is 5.69 Å². The van der Waals surface area contributed by atoms with Crippen molar-refractivity contribution >= 4 is 29.6 Å². The van der Waals surface area contributed by atoms with Crippen LogP contribution >= 0.6 is 0 Å². The van der Waals surface area contributed by atoms with Crippen LogP contribution in [0.1, 0.15) is 29.7 Å². The van der Waals surface area contributed by atoms with Crippen molar-refractivity contribution in [2.45, 2.75) is 19.9 Å². The zero-order chi connectivity index (χ0) is 24.3. The van der Waals surface area contributed by atoms with Gasteiger partial charge in [-0.3, -0.25) is 14.4 Å². The summed E-state index contributed by atoms with van der Waals surface area (Å²) in [5, 5.41) is 9.17. The highest BCUT2D eigenvalue weighted by atomic mass is 16.5. The minimum Gasteiger partial charge on any atom is -0.484 e. The predicted molar refractivity (Wildman–Crippen MR) is 130 cm³/mol. The van der Waals surface area contributed by atoms with Crippen LogP contribution < -0.4 is 20.8 Å². The molecule has 1 atom stereocenters. The fourth-order valence-electron chi connectivity index (χ4n) is 2.95. The topological polar surface area (TPSA) is 109 Å². The predicted octanol–water partition coefficient (Wildman–Crippen LogP) is 3.34. The maximum atomic E-state index is 12.1. The van der Waals surface area contributed by atoms with Crippen LogP contribution in [-0.2, 0) is 14.4 Å². The van der Waals surface area contributed by atoms with Crippen LogP contribution in [0.5, 0.6) is 5.75 Å². The Morgan fingerprint density at radius 3 is 2.26 bits per heavy atom. The number of hydrogen-bond acceptors (Lipinski definition) is 5. The first-order chi connectivity index (χ1) is 16.4. The van der Waals surface area contributed by atoms with Gasteiger partial charge in [-0.15, -0.1) is 0 Å². The van der Waals surface area contributed by atoms with Gasteiger partial charge in [0.2, 0.25) is 0 Å². The van der Waals surface area contributed by atoms with E-state index in [1.54, 1.807) is 36.4 Å². The Morgan fingerprint density at radius 2 is 1.59 bits per heavy atom. The molecule has 0 fully saturated rings. The van der Waals surface area contributed by atoms with E-state index in [1.165, 1.54) is 6.21 Å². The lowest BCUT2D eigenvalue weighted by Gasteiger charge is -2.14. The van der Waals surface area contributed by atoms with E-state index in [4.69, 9.17) is 4.74 Å². The van der Waals surface area contributed by atoms with Gasteiger partial charge in [-0.25, -0.2) is 5.43 Å². The van der Waals surface area contributed by atoms with Gasteiger partial charge in [0.1, 0.15) is 5.75 Å². The molecular formula is C26H26N4O4. The van der Waals surface area contributed by atoms with Crippen LogP contribution in [0.3, 0.4) is 0 Å². The molecule has 0 bridgehead atoms. The third-order valence-corrected chi connectivity index (χ3v) is 4.82. The number of nitrogens with one attached hydrogen (secondary N) is 3. The smallest absolute Gasteiger partial charge is 0.329 e. The molecule has 174 valence electrons. The van der Waals surface area contributed by atoms with Crippen molar-refractivity contribution < 1.29 is 19.1 Å². The molecule has 34 heavy (non-hydrogen) atoms. The summed E-state index contributed by atoms with van der Waals surface area (Å²) in [7, 11) is 0. The first-order valence-electron chi connectivity index (χ1n) is 10.7. The first-order valence-corrected chi connectivity index (χ1v) is 10.7. The largest absolute Gasteiger partial charge is 0.484 e. The summed E-state index contributed by atoms with van der Waals surface area (Å²) >= 11 is 0. The Morgan fingerprint density at radius 1 is 0.912 bits per heavy atom. The number of rotatable bonds is 8. The maximum Gasteiger partial charge on any atom is 0.329 e. The SMILES string of the molecule is Cc1ccc(NC(=O)C(=O)N/N=C\c2ccc(OCC(=O)N[C@H](C)c3ccccc3)cc2)cc1. The lowest BCUT2D eigenvalue weighted by molar-refractivity contribution is -0.136. The molecule has 3 N–H and O–H groups in total. The monoisotopic (exact) mass is 458 g/mol. The summed E-state index contributed by atoms with van der Waals surface area (Å²) in [5.74, 6) is -1.41. The number of aryl methyl sites for hydroxylation is 1. The van der Waals surface area contributed by atoms with Crippen molar-refractivity contribution in [2.75, 3.05) is 11.9 Å². The van der Waals surface area contributed by atoms with Crippen LogP contribution in [0.4, 0.5) is 5.69 Å². The number of hydrazone groups is 1. The zero-order valence-electron chi connectivity index (χ0n) is 18.9. The molecule has 8 heteroatoms. The third kappa shape index (κ3) is 7.59. The number of anilines is 1. The minimum absolute atomic E-state index is 0.114. The summed E-state index contributed by atoms with van der Waals surface area (Å²) < 4.78 is 5.52. The average Bonchev–Trinajstić information content (AvgIpc) is 2.85. The summed E-state index contributed by atoms with van der Waals surface area (Å²) in [4.78, 5) is 35.9. The molecule has 3 aromatic rings. The van der Waals surface area contributed by atoms with Gasteiger partial charge in [0.15, 0.2) is 6.61 Å². The van der Waals surface area contributed by atoms with Gasteiger partial charge in [0.05, 0.1) is 12.3 Å². The van der Waals surface area contributed by atoms with Crippen molar-refractivity contribution in [3.63, 3.8) is 0 Å². The van der Waals surface area contributed by atoms with Crippen molar-refractivity contribution in [3.8, 4) is 5.75 Å². The van der Waals surface area contributed by atoms with E-state index < -0.39 is 11.8 Å². The summed E-state index contributed by atoms with van der Waals surface area (Å²) in [6.07, 6.45) is 1.40. The van der Waals surface area contributed by atoms with Crippen molar-refractivity contribution in [1.29, 1.82) is 0 Å². The van der Waals surface area contributed by atoms with E-state index >= 15 is 0 Å². The highest BCUT2D eigenvalue weighted by Crippen LogP contribution is 2.13. The number of nitrogens with zero attached hydrogens (tertiary/aromatic N) is 1. The number of carbonyl (C=O) groups is 3. The Balaban J connectivity index is 1.41. The average molecular weight is 459 g/mol. The van der Waals surface area contributed by atoms with E-state index in [1.807, 2.05) is 56.3 Å². The lowest BCUT2D eigenvalue weighted by Crippen LogP contribution is -2.32. The Kier molecular flexibility index (Phi) is 8.51. The highest BCUT2D eigenvalue weighted by Gasteiger charge is 2.13. The number of carbonyl (C=O) groups excluding carboxylic acids is 3. The second-order valence-corrected chi connectivity index (χ2v) is 7.58. The third-order valence-electron chi connectivity index (χ3n) is 4.82. The Hall–Kier alpha value is -4.46. The zero-order valence-corrected chi connectivity index (χ0v) is 18.9. The molecule has 0 saturated heterocycles. The fraction of sp³-hybridized carbons (Fsp3) is 0.154. The van der Waals surface area contributed by atoms with Crippen LogP contribution in [-0.4, -0.2) is 30.5 Å². The molecule has 0 heterocycles. The molecule has 0 aliphatic rings. The van der Waals surface area contributed by atoms with Crippen molar-refractivity contribution in [1.82, 2.24) is 10.7 Å². The van der Waals surface area contributed by atoms with Gasteiger partial charge < -0.3 is 15.4 Å². The molecule has 3 amide bonds. The number of benzene rings is 3. The molecule has 3 rings (SSSR count). The van der Waals surface area contributed by atoms with Crippen LogP contribution in [0.25, 0.3) is 0 Å². The molecule has 0 saturated carbocycles. The summed E-state index contributed by atoms with van der Waals surface area (Å²) in [6, 6.07) is 23.4. The first kappa shape index (κ1) is 24.2. The van der Waals surface area contributed by atoms with Crippen LogP contribution in [0.15, 0.2) is 84.0 Å². The number of amides is 3. The summed E-state index contributed by atoms with van der Waals surface area (Å²) in [6.45, 7) is 3.72. The maximum absolute atomic E-state index is 12.1. The molecule has 0 aromatic heterocycles. The second-order valence-electron chi connectivity index (χ2n) is 7.58. The van der Waals surface area contributed by atoms with Gasteiger partial charge in [-0.05, 0) is 61.4 Å². The normalized spacial score (nSPS) is 11.5. The van der Waals surface area contributed by atoms with E-state index in [0.29, 0.717) is 17.0 Å². The molecule has 0 aliphatic carbocycles. The molecule has 0 unspecified atom stereocenters.